The van der Waals surface area contributed by atoms with Gasteiger partial charge >= 0.3 is 0 Å². The molecule has 1 nitrogen and oxygen atoms in total. The average molecular weight is 164 g/mol. The smallest absolute Gasteiger partial charge is 0.120 e. The first-order valence-corrected chi connectivity index (χ1v) is 4.01. The highest BCUT2D eigenvalue weighted by atomic mass is 32.2. The summed E-state index contributed by atoms with van der Waals surface area (Å²) in [5.41, 5.74) is 0. The minimum atomic E-state index is 0.102. The minimum Gasteiger partial charge on any atom is -0.303 e. The number of rotatable bonds is 4. The Morgan fingerprint density at radius 2 is 2.11 bits per heavy atom. The number of thiol groups is 2. The molecule has 0 bridgehead atoms. The van der Waals surface area contributed by atoms with E-state index in [9.17, 15) is 4.79 Å². The fourth-order valence-corrected chi connectivity index (χ4v) is 0.778. The average Bonchev–Trinajstić information content (AvgIpc) is 1.82. The van der Waals surface area contributed by atoms with Crippen molar-refractivity contribution in [3.8, 4) is 0 Å². The molecule has 0 aromatic carbocycles. The summed E-state index contributed by atoms with van der Waals surface area (Å²) in [5.74, 6) is 0.418. The third-order valence-electron chi connectivity index (χ3n) is 1.25. The highest BCUT2D eigenvalue weighted by Gasteiger charge is 2.06. The molecule has 0 aliphatic rings. The second kappa shape index (κ2) is 5.18. The molecule has 0 aromatic heterocycles. The third-order valence-corrected chi connectivity index (χ3v) is 2.27. The van der Waals surface area contributed by atoms with Crippen LogP contribution in [0, 0.1) is 5.92 Å². The van der Waals surface area contributed by atoms with Gasteiger partial charge < -0.3 is 4.79 Å². The van der Waals surface area contributed by atoms with E-state index < -0.39 is 0 Å². The van der Waals surface area contributed by atoms with Gasteiger partial charge in [-0.25, -0.2) is 0 Å². The summed E-state index contributed by atoms with van der Waals surface area (Å²) in [4.78, 5) is 9.88. The number of carbonyl (C=O) groups excluding carboxylic acids is 1. The van der Waals surface area contributed by atoms with Crippen molar-refractivity contribution in [1.29, 1.82) is 0 Å². The molecule has 54 valence electrons. The lowest BCUT2D eigenvalue weighted by Crippen LogP contribution is -2.04. The third kappa shape index (κ3) is 4.85. The summed E-state index contributed by atoms with van der Waals surface area (Å²) in [7, 11) is 0. The van der Waals surface area contributed by atoms with Gasteiger partial charge in [-0.1, -0.05) is 6.92 Å². The van der Waals surface area contributed by atoms with E-state index in [2.05, 4.69) is 25.3 Å². The highest BCUT2D eigenvalue weighted by molar-refractivity contribution is 7.99. The highest BCUT2D eigenvalue weighted by Crippen LogP contribution is 2.17. The van der Waals surface area contributed by atoms with Crippen molar-refractivity contribution < 1.29 is 4.79 Å². The number of carbonyl (C=O) groups is 1. The lowest BCUT2D eigenvalue weighted by atomic mass is 10.1. The van der Waals surface area contributed by atoms with Crippen molar-refractivity contribution in [2.75, 3.05) is 0 Å². The Balaban J connectivity index is 3.26. The van der Waals surface area contributed by atoms with Gasteiger partial charge in [0.1, 0.15) is 6.29 Å². The Morgan fingerprint density at radius 3 is 2.44 bits per heavy atom. The molecule has 0 saturated carbocycles. The van der Waals surface area contributed by atoms with Crippen LogP contribution in [-0.4, -0.2) is 10.9 Å². The molecule has 1 atom stereocenters. The first-order valence-electron chi connectivity index (χ1n) is 2.98. The van der Waals surface area contributed by atoms with Gasteiger partial charge in [0.2, 0.25) is 0 Å². The first kappa shape index (κ1) is 9.37. The minimum absolute atomic E-state index is 0.102. The second-order valence-corrected chi connectivity index (χ2v) is 3.65. The molecule has 0 unspecified atom stereocenters. The van der Waals surface area contributed by atoms with Crippen molar-refractivity contribution in [2.45, 2.75) is 24.3 Å². The summed E-state index contributed by atoms with van der Waals surface area (Å²) in [6.07, 6.45) is 2.44. The molecule has 3 heteroatoms. The monoisotopic (exact) mass is 164 g/mol. The number of hydrogen-bond donors (Lipinski definition) is 2. The van der Waals surface area contributed by atoms with Gasteiger partial charge in [0.15, 0.2) is 0 Å². The molecule has 0 amide bonds. The summed E-state index contributed by atoms with van der Waals surface area (Å²) < 4.78 is 0.102. The van der Waals surface area contributed by atoms with E-state index in [1.807, 2.05) is 6.92 Å². The Morgan fingerprint density at radius 1 is 1.56 bits per heavy atom. The number of hydrogen-bond acceptors (Lipinski definition) is 3. The van der Waals surface area contributed by atoms with Crippen molar-refractivity contribution >= 4 is 31.5 Å². The molecular formula is C6H12OS2. The van der Waals surface area contributed by atoms with Gasteiger partial charge in [-0.15, -0.1) is 0 Å². The van der Waals surface area contributed by atoms with Crippen LogP contribution in [0.3, 0.4) is 0 Å². The Kier molecular flexibility index (Phi) is 5.39. The maximum atomic E-state index is 9.88. The summed E-state index contributed by atoms with van der Waals surface area (Å²) in [6, 6.07) is 0. The van der Waals surface area contributed by atoms with Crippen LogP contribution in [0.5, 0.6) is 0 Å². The number of aldehydes is 1. The quantitative estimate of drug-likeness (QED) is 0.368. The summed E-state index contributed by atoms with van der Waals surface area (Å²) in [5, 5.41) is 0. The van der Waals surface area contributed by atoms with Crippen molar-refractivity contribution in [3.05, 3.63) is 0 Å². The van der Waals surface area contributed by atoms with Gasteiger partial charge in [-0.05, 0) is 12.3 Å². The van der Waals surface area contributed by atoms with Crippen molar-refractivity contribution in [2.24, 2.45) is 5.92 Å². The van der Waals surface area contributed by atoms with Crippen molar-refractivity contribution in [3.63, 3.8) is 0 Å². The van der Waals surface area contributed by atoms with Crippen LogP contribution >= 0.6 is 25.3 Å². The molecule has 0 aromatic rings. The predicted molar refractivity (Wildman–Crippen MR) is 46.2 cm³/mol. The van der Waals surface area contributed by atoms with Crippen LogP contribution in [0.25, 0.3) is 0 Å². The van der Waals surface area contributed by atoms with Gasteiger partial charge in [0, 0.05) is 11.0 Å². The molecule has 0 radical (unpaired) electrons. The van der Waals surface area contributed by atoms with Crippen LogP contribution < -0.4 is 0 Å². The van der Waals surface area contributed by atoms with Crippen LogP contribution in [0.2, 0.25) is 0 Å². The van der Waals surface area contributed by atoms with Gasteiger partial charge in [-0.2, -0.15) is 25.3 Å². The molecular weight excluding hydrogens is 152 g/mol. The van der Waals surface area contributed by atoms with Gasteiger partial charge in [0.05, 0.1) is 0 Å². The summed E-state index contributed by atoms with van der Waals surface area (Å²) in [6.45, 7) is 2.04. The molecule has 0 N–H and O–H groups in total. The van der Waals surface area contributed by atoms with Crippen LogP contribution in [0.4, 0.5) is 0 Å². The summed E-state index contributed by atoms with van der Waals surface area (Å²) >= 11 is 8.23. The normalized spacial score (nSPS) is 13.8. The largest absolute Gasteiger partial charge is 0.303 e. The maximum Gasteiger partial charge on any atom is 0.120 e. The van der Waals surface area contributed by atoms with Crippen LogP contribution in [0.1, 0.15) is 19.8 Å². The van der Waals surface area contributed by atoms with E-state index in [1.165, 1.54) is 0 Å². The molecule has 0 aliphatic heterocycles. The molecule has 0 heterocycles. The van der Waals surface area contributed by atoms with Crippen LogP contribution in [-0.2, 0) is 4.79 Å². The molecule has 0 spiro atoms. The fraction of sp³-hybridized carbons (Fsp3) is 0.833. The topological polar surface area (TPSA) is 17.1 Å². The molecule has 0 fully saturated rings. The standard InChI is InChI=1S/C6H12OS2/c1-5(6(8)9)3-2-4-7/h4-6,8-9H,2-3H2,1H3/t5-/m1/s1. The Labute approximate surface area is 67.0 Å². The van der Waals surface area contributed by atoms with Crippen LogP contribution in [0.15, 0.2) is 0 Å². The van der Waals surface area contributed by atoms with E-state index in [-0.39, 0.29) is 4.58 Å². The van der Waals surface area contributed by atoms with E-state index in [0.29, 0.717) is 12.3 Å². The predicted octanol–water partition coefficient (Wildman–Crippen LogP) is 1.79. The first-order chi connectivity index (χ1) is 4.18. The SMILES string of the molecule is C[C@H](CCC=O)C(S)S. The Bertz CT molecular complexity index is 83.1. The maximum absolute atomic E-state index is 9.88. The zero-order chi connectivity index (χ0) is 7.28. The molecule has 0 saturated heterocycles. The Hall–Kier alpha value is 0.370. The van der Waals surface area contributed by atoms with E-state index in [4.69, 9.17) is 0 Å². The second-order valence-electron chi connectivity index (χ2n) is 2.13. The van der Waals surface area contributed by atoms with Crippen molar-refractivity contribution in [1.82, 2.24) is 0 Å². The molecule has 9 heavy (non-hydrogen) atoms. The molecule has 0 rings (SSSR count). The molecule has 0 aliphatic carbocycles. The zero-order valence-electron chi connectivity index (χ0n) is 5.45. The van der Waals surface area contributed by atoms with E-state index in [0.717, 1.165) is 12.7 Å². The van der Waals surface area contributed by atoms with E-state index in [1.54, 1.807) is 0 Å². The zero-order valence-corrected chi connectivity index (χ0v) is 7.24. The van der Waals surface area contributed by atoms with Gasteiger partial charge in [0.25, 0.3) is 0 Å². The lowest BCUT2D eigenvalue weighted by molar-refractivity contribution is -0.108. The fourth-order valence-electron chi connectivity index (χ4n) is 0.480. The lowest BCUT2D eigenvalue weighted by Gasteiger charge is -2.10. The van der Waals surface area contributed by atoms with E-state index >= 15 is 0 Å². The van der Waals surface area contributed by atoms with Gasteiger partial charge in [-0.3, -0.25) is 0 Å².